The number of carbonyl (C=O) groups is 1. The number of nitrogens with zero attached hydrogens (tertiary/aromatic N) is 2. The number of nitrogens with one attached hydrogen (secondary N) is 1. The number of amides is 1. The molecule has 6 nitrogen and oxygen atoms in total. The van der Waals surface area contributed by atoms with Crippen LogP contribution >= 0.6 is 0 Å². The largest absolute Gasteiger partial charge is 0.396 e. The Morgan fingerprint density at radius 1 is 1.36 bits per heavy atom. The first-order valence-electron chi connectivity index (χ1n) is 8.92. The third kappa shape index (κ3) is 3.58. The van der Waals surface area contributed by atoms with Crippen LogP contribution < -0.4 is 10.9 Å². The van der Waals surface area contributed by atoms with Crippen LogP contribution in [-0.2, 0) is 0 Å². The number of pyridine rings is 1. The van der Waals surface area contributed by atoms with Crippen molar-refractivity contribution in [1.29, 1.82) is 0 Å². The van der Waals surface area contributed by atoms with Gasteiger partial charge in [-0.2, -0.15) is 0 Å². The zero-order chi connectivity index (χ0) is 17.9. The van der Waals surface area contributed by atoms with Gasteiger partial charge < -0.3 is 10.4 Å². The molecule has 2 aromatic heterocycles. The molecule has 0 aromatic carbocycles. The molecule has 2 aromatic rings. The number of rotatable bonds is 5. The minimum Gasteiger partial charge on any atom is -0.396 e. The zero-order valence-corrected chi connectivity index (χ0v) is 14.6. The van der Waals surface area contributed by atoms with E-state index in [1.807, 2.05) is 13.0 Å². The Morgan fingerprint density at radius 3 is 2.84 bits per heavy atom. The van der Waals surface area contributed by atoms with Gasteiger partial charge in [0.1, 0.15) is 11.2 Å². The first-order chi connectivity index (χ1) is 12.1. The molecule has 0 unspecified atom stereocenters. The lowest BCUT2D eigenvalue weighted by Crippen LogP contribution is -2.41. The van der Waals surface area contributed by atoms with Crippen LogP contribution in [0.2, 0.25) is 0 Å². The number of aromatic nitrogens is 2. The molecule has 2 N–H and O–H groups in total. The number of aliphatic hydroxyl groups excluding tert-OH is 1. The van der Waals surface area contributed by atoms with Gasteiger partial charge in [0, 0.05) is 25.5 Å². The van der Waals surface area contributed by atoms with Crippen molar-refractivity contribution in [2.45, 2.75) is 45.4 Å². The molecule has 3 rings (SSSR count). The van der Waals surface area contributed by atoms with Crippen molar-refractivity contribution in [3.8, 4) is 0 Å². The number of hydrogen-bond donors (Lipinski definition) is 2. The average Bonchev–Trinajstić information content (AvgIpc) is 2.62. The summed E-state index contributed by atoms with van der Waals surface area (Å²) in [4.78, 5) is 29.4. The van der Waals surface area contributed by atoms with Crippen molar-refractivity contribution in [3.63, 3.8) is 0 Å². The number of aryl methyl sites for hydroxylation is 1. The van der Waals surface area contributed by atoms with E-state index >= 15 is 0 Å². The van der Waals surface area contributed by atoms with Crippen LogP contribution in [-0.4, -0.2) is 33.6 Å². The predicted molar refractivity (Wildman–Crippen MR) is 95.8 cm³/mol. The van der Waals surface area contributed by atoms with Crippen LogP contribution in [0.3, 0.4) is 0 Å². The van der Waals surface area contributed by atoms with Crippen LogP contribution in [0, 0.1) is 12.3 Å². The van der Waals surface area contributed by atoms with Crippen molar-refractivity contribution < 1.29 is 9.90 Å². The Labute approximate surface area is 146 Å². The van der Waals surface area contributed by atoms with Gasteiger partial charge in [-0.05, 0) is 43.2 Å². The molecule has 134 valence electrons. The maximum atomic E-state index is 12.6. The molecule has 0 aliphatic heterocycles. The second kappa shape index (κ2) is 7.35. The van der Waals surface area contributed by atoms with E-state index in [2.05, 4.69) is 10.3 Å². The van der Waals surface area contributed by atoms with E-state index in [-0.39, 0.29) is 23.1 Å². The normalized spacial score (nSPS) is 16.7. The molecule has 1 aliphatic rings. The summed E-state index contributed by atoms with van der Waals surface area (Å²) in [5, 5.41) is 12.3. The highest BCUT2D eigenvalue weighted by molar-refractivity contribution is 5.93. The molecule has 0 bridgehead atoms. The van der Waals surface area contributed by atoms with E-state index in [1.165, 1.54) is 17.0 Å². The molecule has 0 saturated heterocycles. The predicted octanol–water partition coefficient (Wildman–Crippen LogP) is 2.07. The van der Waals surface area contributed by atoms with Gasteiger partial charge in [0.25, 0.3) is 11.5 Å². The average molecular weight is 343 g/mol. The molecule has 1 fully saturated rings. The van der Waals surface area contributed by atoms with Crippen LogP contribution in [0.15, 0.2) is 29.3 Å². The first kappa shape index (κ1) is 17.6. The molecule has 6 heteroatoms. The van der Waals surface area contributed by atoms with E-state index in [9.17, 15) is 14.7 Å². The first-order valence-corrected chi connectivity index (χ1v) is 8.92. The van der Waals surface area contributed by atoms with Crippen molar-refractivity contribution in [2.75, 3.05) is 13.2 Å². The lowest BCUT2D eigenvalue weighted by atomic mass is 9.72. The van der Waals surface area contributed by atoms with Gasteiger partial charge in [0.15, 0.2) is 0 Å². The second-order valence-electron chi connectivity index (χ2n) is 7.08. The quantitative estimate of drug-likeness (QED) is 0.870. The lowest BCUT2D eigenvalue weighted by molar-refractivity contribution is 0.0867. The van der Waals surface area contributed by atoms with Crippen LogP contribution in [0.1, 0.15) is 54.4 Å². The standard InChI is InChI=1S/C19H25N3O3/c1-14-6-5-10-22-16(14)20-12-15(18(22)25)17(24)21-13-19(9-11-23)7-3-2-4-8-19/h5-6,10,12,23H,2-4,7-9,11,13H2,1H3,(H,21,24). The van der Waals surface area contributed by atoms with E-state index < -0.39 is 5.91 Å². The monoisotopic (exact) mass is 343 g/mol. The highest BCUT2D eigenvalue weighted by Crippen LogP contribution is 2.38. The van der Waals surface area contributed by atoms with Crippen molar-refractivity contribution in [3.05, 3.63) is 46.0 Å². The summed E-state index contributed by atoms with van der Waals surface area (Å²) in [7, 11) is 0. The van der Waals surface area contributed by atoms with Gasteiger partial charge in [-0.25, -0.2) is 4.98 Å². The summed E-state index contributed by atoms with van der Waals surface area (Å²) in [6.45, 7) is 2.49. The van der Waals surface area contributed by atoms with E-state index in [1.54, 1.807) is 12.3 Å². The summed E-state index contributed by atoms with van der Waals surface area (Å²) in [5.41, 5.74) is 1.09. The van der Waals surface area contributed by atoms with Gasteiger partial charge >= 0.3 is 0 Å². The maximum Gasteiger partial charge on any atom is 0.270 e. The van der Waals surface area contributed by atoms with Crippen molar-refractivity contribution in [2.24, 2.45) is 5.41 Å². The fourth-order valence-electron chi connectivity index (χ4n) is 3.82. The SMILES string of the molecule is Cc1cccn2c(=O)c(C(=O)NCC3(CCO)CCCCC3)cnc12. The van der Waals surface area contributed by atoms with E-state index in [0.29, 0.717) is 18.6 Å². The smallest absolute Gasteiger partial charge is 0.270 e. The zero-order valence-electron chi connectivity index (χ0n) is 14.6. The topological polar surface area (TPSA) is 83.7 Å². The maximum absolute atomic E-state index is 12.6. The highest BCUT2D eigenvalue weighted by atomic mass is 16.3. The third-order valence-corrected chi connectivity index (χ3v) is 5.35. The molecule has 25 heavy (non-hydrogen) atoms. The Hall–Kier alpha value is -2.21. The second-order valence-corrected chi connectivity index (χ2v) is 7.08. The molecular weight excluding hydrogens is 318 g/mol. The molecule has 1 amide bonds. The molecule has 2 heterocycles. The van der Waals surface area contributed by atoms with E-state index in [4.69, 9.17) is 0 Å². The lowest BCUT2D eigenvalue weighted by Gasteiger charge is -2.37. The van der Waals surface area contributed by atoms with Crippen LogP contribution in [0.4, 0.5) is 0 Å². The van der Waals surface area contributed by atoms with Crippen molar-refractivity contribution in [1.82, 2.24) is 14.7 Å². The molecule has 1 saturated carbocycles. The number of aliphatic hydroxyl groups is 1. The summed E-state index contributed by atoms with van der Waals surface area (Å²) in [6.07, 6.45) is 9.12. The summed E-state index contributed by atoms with van der Waals surface area (Å²) < 4.78 is 1.41. The third-order valence-electron chi connectivity index (χ3n) is 5.35. The van der Waals surface area contributed by atoms with Gasteiger partial charge in [-0.15, -0.1) is 0 Å². The van der Waals surface area contributed by atoms with Gasteiger partial charge in [0.2, 0.25) is 0 Å². The molecular formula is C19H25N3O3. The Morgan fingerprint density at radius 2 is 2.12 bits per heavy atom. The minimum atomic E-state index is -0.392. The van der Waals surface area contributed by atoms with Gasteiger partial charge in [-0.3, -0.25) is 14.0 Å². The van der Waals surface area contributed by atoms with Gasteiger partial charge in [-0.1, -0.05) is 25.3 Å². The number of carbonyl (C=O) groups excluding carboxylic acids is 1. The Bertz CT molecular complexity index is 817. The Kier molecular flexibility index (Phi) is 5.18. The summed E-state index contributed by atoms with van der Waals surface area (Å²) in [6, 6.07) is 3.65. The van der Waals surface area contributed by atoms with E-state index in [0.717, 1.165) is 31.2 Å². The minimum absolute atomic E-state index is 0.0538. The Balaban J connectivity index is 1.80. The van der Waals surface area contributed by atoms with Crippen LogP contribution in [0.5, 0.6) is 0 Å². The molecule has 1 aliphatic carbocycles. The fourth-order valence-corrected chi connectivity index (χ4v) is 3.82. The number of hydrogen-bond acceptors (Lipinski definition) is 4. The summed E-state index contributed by atoms with van der Waals surface area (Å²) >= 11 is 0. The highest BCUT2D eigenvalue weighted by Gasteiger charge is 2.32. The number of fused-ring (bicyclic) bond motifs is 1. The molecule has 0 radical (unpaired) electrons. The molecule has 0 atom stereocenters. The fraction of sp³-hybridized carbons (Fsp3) is 0.526. The molecule has 0 spiro atoms. The van der Waals surface area contributed by atoms with Gasteiger partial charge in [0.05, 0.1) is 0 Å². The van der Waals surface area contributed by atoms with Crippen LogP contribution in [0.25, 0.3) is 5.65 Å². The summed E-state index contributed by atoms with van der Waals surface area (Å²) in [5.74, 6) is -0.392. The van der Waals surface area contributed by atoms with Crippen molar-refractivity contribution >= 4 is 11.6 Å².